The molecule has 288 valence electrons. The van der Waals surface area contributed by atoms with E-state index in [1.54, 1.807) is 0 Å². The highest BCUT2D eigenvalue weighted by molar-refractivity contribution is 5.96. The molecule has 0 radical (unpaired) electrons. The minimum Gasteiger partial charge on any atom is -0.309 e. The van der Waals surface area contributed by atoms with Crippen LogP contribution in [0.2, 0.25) is 0 Å². The molecule has 0 fully saturated rings. The van der Waals surface area contributed by atoms with Crippen LogP contribution in [0.4, 0.5) is 17.1 Å². The minimum absolute atomic E-state index is 1.07. The first-order valence-electron chi connectivity index (χ1n) is 20.9. The molecule has 0 heterocycles. The molecule has 0 bridgehead atoms. The van der Waals surface area contributed by atoms with Crippen LogP contribution in [0, 0.1) is 0 Å². The standard InChI is InChI=1S/C60H43N/c1-7-19-44(20-8-1)52-34-39-59(57(42-52)49-27-15-5-16-28-49)61(60-40-35-53(45-21-9-2-10-22-45)43-58(60)50-29-17-6-18-30-50)54-36-31-46(32-37-54)51-33-38-55(47-23-11-3-12-24-47)56(41-51)48-25-13-4-14-26-48/h1-43H. The van der Waals surface area contributed by atoms with Gasteiger partial charge in [0, 0.05) is 16.8 Å². The van der Waals surface area contributed by atoms with Crippen molar-refractivity contribution in [2.45, 2.75) is 0 Å². The summed E-state index contributed by atoms with van der Waals surface area (Å²) >= 11 is 0. The van der Waals surface area contributed by atoms with E-state index in [1.165, 1.54) is 50.1 Å². The fourth-order valence-corrected chi connectivity index (χ4v) is 8.44. The molecule has 10 aromatic carbocycles. The normalized spacial score (nSPS) is 11.0. The van der Waals surface area contributed by atoms with Gasteiger partial charge >= 0.3 is 0 Å². The molecule has 1 heteroatoms. The quantitative estimate of drug-likeness (QED) is 0.134. The second-order valence-electron chi connectivity index (χ2n) is 15.3. The van der Waals surface area contributed by atoms with Gasteiger partial charge in [0.25, 0.3) is 0 Å². The van der Waals surface area contributed by atoms with E-state index in [0.717, 1.165) is 44.9 Å². The van der Waals surface area contributed by atoms with Crippen LogP contribution in [0.3, 0.4) is 0 Å². The summed E-state index contributed by atoms with van der Waals surface area (Å²) in [6.45, 7) is 0. The van der Waals surface area contributed by atoms with Gasteiger partial charge in [-0.25, -0.2) is 0 Å². The molecule has 0 unspecified atom stereocenters. The highest BCUT2D eigenvalue weighted by Gasteiger charge is 2.22. The molecule has 0 saturated heterocycles. The van der Waals surface area contributed by atoms with Gasteiger partial charge in [0.2, 0.25) is 0 Å². The van der Waals surface area contributed by atoms with Crippen LogP contribution in [0.25, 0.3) is 77.9 Å². The summed E-state index contributed by atoms with van der Waals surface area (Å²) < 4.78 is 0. The fraction of sp³-hybridized carbons (Fsp3) is 0. The summed E-state index contributed by atoms with van der Waals surface area (Å²) in [5.41, 5.74) is 19.8. The van der Waals surface area contributed by atoms with E-state index >= 15 is 0 Å². The van der Waals surface area contributed by atoms with Crippen molar-refractivity contribution in [1.29, 1.82) is 0 Å². The largest absolute Gasteiger partial charge is 0.309 e. The number of rotatable bonds is 10. The molecule has 0 aliphatic rings. The Morgan fingerprint density at radius 3 is 0.852 bits per heavy atom. The number of hydrogen-bond acceptors (Lipinski definition) is 1. The van der Waals surface area contributed by atoms with Crippen molar-refractivity contribution >= 4 is 17.1 Å². The Morgan fingerprint density at radius 2 is 0.459 bits per heavy atom. The van der Waals surface area contributed by atoms with Gasteiger partial charge < -0.3 is 4.90 Å². The van der Waals surface area contributed by atoms with Crippen molar-refractivity contribution < 1.29 is 0 Å². The lowest BCUT2D eigenvalue weighted by Gasteiger charge is -2.31. The molecule has 0 aliphatic carbocycles. The van der Waals surface area contributed by atoms with E-state index in [0.29, 0.717) is 0 Å². The van der Waals surface area contributed by atoms with Gasteiger partial charge in [-0.1, -0.05) is 218 Å². The van der Waals surface area contributed by atoms with Crippen LogP contribution < -0.4 is 4.90 Å². The Balaban J connectivity index is 1.16. The van der Waals surface area contributed by atoms with E-state index in [2.05, 4.69) is 266 Å². The van der Waals surface area contributed by atoms with Crippen LogP contribution in [0.15, 0.2) is 261 Å². The summed E-state index contributed by atoms with van der Waals surface area (Å²) in [6.07, 6.45) is 0. The van der Waals surface area contributed by atoms with Crippen molar-refractivity contribution in [3.8, 4) is 77.9 Å². The monoisotopic (exact) mass is 777 g/mol. The Bertz CT molecular complexity index is 2890. The predicted octanol–water partition coefficient (Wildman–Crippen LogP) is 16.8. The number of nitrogens with zero attached hydrogens (tertiary/aromatic N) is 1. The molecule has 61 heavy (non-hydrogen) atoms. The molecule has 0 saturated carbocycles. The zero-order valence-corrected chi connectivity index (χ0v) is 33.8. The molecule has 0 aliphatic heterocycles. The predicted molar refractivity (Wildman–Crippen MR) is 259 cm³/mol. The van der Waals surface area contributed by atoms with E-state index in [4.69, 9.17) is 0 Å². The molecular weight excluding hydrogens is 735 g/mol. The average molecular weight is 778 g/mol. The van der Waals surface area contributed by atoms with Gasteiger partial charge in [-0.15, -0.1) is 0 Å². The topological polar surface area (TPSA) is 3.24 Å². The molecule has 0 spiro atoms. The molecular formula is C60H43N. The summed E-state index contributed by atoms with van der Waals surface area (Å²) in [6, 6.07) is 94.1. The highest BCUT2D eigenvalue weighted by Crippen LogP contribution is 2.47. The maximum Gasteiger partial charge on any atom is 0.0540 e. The van der Waals surface area contributed by atoms with Gasteiger partial charge in [0.05, 0.1) is 11.4 Å². The molecule has 10 aromatic rings. The molecule has 10 rings (SSSR count). The second kappa shape index (κ2) is 17.1. The summed E-state index contributed by atoms with van der Waals surface area (Å²) in [7, 11) is 0. The first-order chi connectivity index (χ1) is 30.3. The summed E-state index contributed by atoms with van der Waals surface area (Å²) in [4.78, 5) is 2.45. The zero-order valence-electron chi connectivity index (χ0n) is 33.8. The highest BCUT2D eigenvalue weighted by atomic mass is 15.1. The second-order valence-corrected chi connectivity index (χ2v) is 15.3. The van der Waals surface area contributed by atoms with Gasteiger partial charge in [-0.05, 0) is 109 Å². The first kappa shape index (κ1) is 37.3. The molecule has 0 aromatic heterocycles. The minimum atomic E-state index is 1.07. The maximum absolute atomic E-state index is 2.45. The van der Waals surface area contributed by atoms with E-state index in [9.17, 15) is 0 Å². The maximum atomic E-state index is 2.45. The van der Waals surface area contributed by atoms with Gasteiger partial charge in [0.15, 0.2) is 0 Å². The zero-order chi connectivity index (χ0) is 40.8. The van der Waals surface area contributed by atoms with Crippen LogP contribution in [-0.2, 0) is 0 Å². The van der Waals surface area contributed by atoms with Crippen molar-refractivity contribution in [2.75, 3.05) is 4.90 Å². The lowest BCUT2D eigenvalue weighted by atomic mass is 9.91. The first-order valence-corrected chi connectivity index (χ1v) is 20.9. The average Bonchev–Trinajstić information content (AvgIpc) is 3.36. The van der Waals surface area contributed by atoms with E-state index < -0.39 is 0 Å². The number of benzene rings is 10. The Morgan fingerprint density at radius 1 is 0.180 bits per heavy atom. The van der Waals surface area contributed by atoms with Crippen LogP contribution in [-0.4, -0.2) is 0 Å². The van der Waals surface area contributed by atoms with Gasteiger partial charge in [-0.2, -0.15) is 0 Å². The molecule has 0 atom stereocenters. The molecule has 1 nitrogen and oxygen atoms in total. The smallest absolute Gasteiger partial charge is 0.0540 e. The third-order valence-corrected chi connectivity index (χ3v) is 11.5. The number of hydrogen-bond donors (Lipinski definition) is 0. The fourth-order valence-electron chi connectivity index (χ4n) is 8.44. The summed E-state index contributed by atoms with van der Waals surface area (Å²) in [5, 5.41) is 0. The van der Waals surface area contributed by atoms with Crippen molar-refractivity contribution in [1.82, 2.24) is 0 Å². The number of anilines is 3. The molecule has 0 N–H and O–H groups in total. The Labute approximate surface area is 359 Å². The van der Waals surface area contributed by atoms with E-state index in [-0.39, 0.29) is 0 Å². The third-order valence-electron chi connectivity index (χ3n) is 11.5. The summed E-state index contributed by atoms with van der Waals surface area (Å²) in [5.74, 6) is 0. The Kier molecular flexibility index (Phi) is 10.4. The van der Waals surface area contributed by atoms with Gasteiger partial charge in [0.1, 0.15) is 0 Å². The lowest BCUT2D eigenvalue weighted by molar-refractivity contribution is 1.28. The van der Waals surface area contributed by atoms with E-state index in [1.807, 2.05) is 0 Å². The lowest BCUT2D eigenvalue weighted by Crippen LogP contribution is -2.13. The molecule has 0 amide bonds. The van der Waals surface area contributed by atoms with Crippen LogP contribution >= 0.6 is 0 Å². The van der Waals surface area contributed by atoms with Crippen molar-refractivity contribution in [2.24, 2.45) is 0 Å². The van der Waals surface area contributed by atoms with Gasteiger partial charge in [-0.3, -0.25) is 0 Å². The third kappa shape index (κ3) is 7.81. The van der Waals surface area contributed by atoms with Crippen LogP contribution in [0.5, 0.6) is 0 Å². The van der Waals surface area contributed by atoms with Crippen LogP contribution in [0.1, 0.15) is 0 Å². The van der Waals surface area contributed by atoms with Crippen molar-refractivity contribution in [3.05, 3.63) is 261 Å². The van der Waals surface area contributed by atoms with Crippen molar-refractivity contribution in [3.63, 3.8) is 0 Å². The Hall–Kier alpha value is -8.00. The SMILES string of the molecule is c1ccc(-c2ccc(N(c3ccc(-c4ccc(-c5ccccc5)c(-c5ccccc5)c4)cc3)c3ccc(-c4ccccc4)cc3-c3ccccc3)c(-c3ccccc3)c2)cc1.